The first-order valence-electron chi connectivity index (χ1n) is 9.58. The molecule has 5 nitrogen and oxygen atoms in total. The molecule has 0 heterocycles. The van der Waals surface area contributed by atoms with Crippen molar-refractivity contribution >= 4 is 15.9 Å². The molecular weight excluding hydrogens is 367 g/mol. The van der Waals surface area contributed by atoms with Gasteiger partial charge in [-0.2, -0.15) is 0 Å². The lowest BCUT2D eigenvalue weighted by Gasteiger charge is -2.59. The number of alkyl halides is 1. The van der Waals surface area contributed by atoms with Gasteiger partial charge in [-0.05, 0) is 61.6 Å². The van der Waals surface area contributed by atoms with E-state index in [1.165, 1.54) is 11.4 Å². The van der Waals surface area contributed by atoms with Crippen LogP contribution in [0.3, 0.4) is 0 Å². The zero-order valence-electron chi connectivity index (χ0n) is 15.9. The SMILES string of the molecule is CN(Cc1ccc(C(=O)NC23CC4CC(CC(F)(C4)C2)C3)cc1)S(C)(=O)=O. The van der Waals surface area contributed by atoms with Crippen molar-refractivity contribution in [1.82, 2.24) is 9.62 Å². The van der Waals surface area contributed by atoms with Gasteiger partial charge >= 0.3 is 0 Å². The molecule has 0 aromatic heterocycles. The van der Waals surface area contributed by atoms with Crippen molar-refractivity contribution in [3.63, 3.8) is 0 Å². The molecule has 1 aromatic rings. The first-order valence-corrected chi connectivity index (χ1v) is 11.4. The standard InChI is InChI=1S/C20H27FN2O3S/c1-23(27(2,25)26)12-14-3-5-17(6-4-14)18(24)22-20-10-15-7-16(11-20)9-19(21,8-15)13-20/h3-6,15-16H,7-13H2,1-2H3,(H,22,24). The third-order valence-electron chi connectivity index (χ3n) is 6.56. The Hall–Kier alpha value is -1.47. The van der Waals surface area contributed by atoms with Gasteiger partial charge < -0.3 is 5.32 Å². The van der Waals surface area contributed by atoms with Gasteiger partial charge in [-0.25, -0.2) is 17.1 Å². The van der Waals surface area contributed by atoms with E-state index in [1.54, 1.807) is 24.3 Å². The van der Waals surface area contributed by atoms with E-state index in [-0.39, 0.29) is 12.5 Å². The molecule has 4 aliphatic carbocycles. The summed E-state index contributed by atoms with van der Waals surface area (Å²) >= 11 is 0. The number of carbonyl (C=O) groups excluding carboxylic acids is 1. The molecule has 5 rings (SSSR count). The van der Waals surface area contributed by atoms with Gasteiger partial charge in [0.15, 0.2) is 0 Å². The van der Waals surface area contributed by atoms with Gasteiger partial charge in [-0.1, -0.05) is 12.1 Å². The third-order valence-corrected chi connectivity index (χ3v) is 7.82. The van der Waals surface area contributed by atoms with E-state index in [4.69, 9.17) is 0 Å². The van der Waals surface area contributed by atoms with Crippen LogP contribution in [0.4, 0.5) is 4.39 Å². The summed E-state index contributed by atoms with van der Waals surface area (Å²) in [6.07, 6.45) is 5.80. The van der Waals surface area contributed by atoms with E-state index < -0.39 is 21.2 Å². The summed E-state index contributed by atoms with van der Waals surface area (Å²) in [4.78, 5) is 12.8. The minimum absolute atomic E-state index is 0.163. The predicted octanol–water partition coefficient (Wildman–Crippen LogP) is 2.87. The van der Waals surface area contributed by atoms with E-state index >= 15 is 4.39 Å². The van der Waals surface area contributed by atoms with Crippen LogP contribution in [0, 0.1) is 11.8 Å². The van der Waals surface area contributed by atoms with E-state index in [1.807, 2.05) is 0 Å². The van der Waals surface area contributed by atoms with Crippen LogP contribution in [0.2, 0.25) is 0 Å². The molecule has 2 atom stereocenters. The summed E-state index contributed by atoms with van der Waals surface area (Å²) < 4.78 is 39.3. The smallest absolute Gasteiger partial charge is 0.251 e. The molecule has 4 saturated carbocycles. The first kappa shape index (κ1) is 18.9. The summed E-state index contributed by atoms with van der Waals surface area (Å²) in [7, 11) is -1.72. The minimum Gasteiger partial charge on any atom is -0.346 e. The van der Waals surface area contributed by atoms with E-state index in [0.717, 1.165) is 31.1 Å². The second-order valence-corrected chi connectivity index (χ2v) is 11.2. The van der Waals surface area contributed by atoms with Crippen LogP contribution >= 0.6 is 0 Å². The van der Waals surface area contributed by atoms with Gasteiger partial charge in [0.2, 0.25) is 10.0 Å². The summed E-state index contributed by atoms with van der Waals surface area (Å²) in [5.41, 5.74) is -0.149. The molecule has 1 amide bonds. The fourth-order valence-electron chi connectivity index (χ4n) is 5.75. The molecule has 7 heteroatoms. The molecule has 2 unspecified atom stereocenters. The number of rotatable bonds is 5. The van der Waals surface area contributed by atoms with Crippen molar-refractivity contribution in [2.75, 3.05) is 13.3 Å². The van der Waals surface area contributed by atoms with E-state index in [9.17, 15) is 13.2 Å². The summed E-state index contributed by atoms with van der Waals surface area (Å²) in [5.74, 6) is 0.625. The molecule has 1 N–H and O–H groups in total. The second kappa shape index (κ2) is 6.27. The maximum absolute atomic E-state index is 15.0. The van der Waals surface area contributed by atoms with E-state index in [0.29, 0.717) is 36.7 Å². The van der Waals surface area contributed by atoms with Crippen LogP contribution < -0.4 is 5.32 Å². The van der Waals surface area contributed by atoms with Crippen molar-refractivity contribution in [3.05, 3.63) is 35.4 Å². The number of carbonyl (C=O) groups is 1. The van der Waals surface area contributed by atoms with Crippen molar-refractivity contribution in [1.29, 1.82) is 0 Å². The molecule has 0 spiro atoms. The Morgan fingerprint density at radius 1 is 1.19 bits per heavy atom. The number of nitrogens with zero attached hydrogens (tertiary/aromatic N) is 1. The monoisotopic (exact) mass is 394 g/mol. The zero-order chi connectivity index (χ0) is 19.4. The molecule has 4 fully saturated rings. The lowest BCUT2D eigenvalue weighted by Crippen LogP contribution is -2.64. The Labute approximate surface area is 160 Å². The Morgan fingerprint density at radius 2 is 1.78 bits per heavy atom. The summed E-state index contributed by atoms with van der Waals surface area (Å²) in [5, 5.41) is 3.17. The van der Waals surface area contributed by atoms with Crippen LogP contribution in [0.1, 0.15) is 54.4 Å². The van der Waals surface area contributed by atoms with Crippen molar-refractivity contribution in [2.24, 2.45) is 11.8 Å². The van der Waals surface area contributed by atoms with Gasteiger partial charge in [0.25, 0.3) is 5.91 Å². The maximum atomic E-state index is 15.0. The molecule has 4 aliphatic rings. The van der Waals surface area contributed by atoms with E-state index in [2.05, 4.69) is 5.32 Å². The van der Waals surface area contributed by atoms with Gasteiger partial charge in [0, 0.05) is 31.1 Å². The molecule has 148 valence electrons. The highest BCUT2D eigenvalue weighted by atomic mass is 32.2. The number of nitrogens with one attached hydrogen (secondary N) is 1. The average molecular weight is 395 g/mol. The molecule has 0 radical (unpaired) electrons. The average Bonchev–Trinajstić information content (AvgIpc) is 2.51. The van der Waals surface area contributed by atoms with Crippen LogP contribution in [-0.2, 0) is 16.6 Å². The summed E-state index contributed by atoms with van der Waals surface area (Å²) in [6, 6.07) is 6.97. The third kappa shape index (κ3) is 3.76. The normalized spacial score (nSPS) is 34.8. The maximum Gasteiger partial charge on any atom is 0.251 e. The molecule has 4 bridgehead atoms. The molecule has 27 heavy (non-hydrogen) atoms. The lowest BCUT2D eigenvalue weighted by atomic mass is 9.51. The lowest BCUT2D eigenvalue weighted by molar-refractivity contribution is -0.0937. The van der Waals surface area contributed by atoms with Gasteiger partial charge in [0.1, 0.15) is 5.67 Å². The van der Waals surface area contributed by atoms with Crippen molar-refractivity contribution in [3.8, 4) is 0 Å². The predicted molar refractivity (Wildman–Crippen MR) is 101 cm³/mol. The largest absolute Gasteiger partial charge is 0.346 e. The molecule has 0 saturated heterocycles. The Kier molecular flexibility index (Phi) is 4.38. The minimum atomic E-state index is -3.25. The number of sulfonamides is 1. The second-order valence-electron chi connectivity index (χ2n) is 9.06. The molecular formula is C20H27FN2O3S. The van der Waals surface area contributed by atoms with Gasteiger partial charge in [0.05, 0.1) is 6.26 Å². The highest BCUT2D eigenvalue weighted by Crippen LogP contribution is 2.59. The number of benzene rings is 1. The topological polar surface area (TPSA) is 66.5 Å². The van der Waals surface area contributed by atoms with Crippen molar-refractivity contribution in [2.45, 2.75) is 56.3 Å². The van der Waals surface area contributed by atoms with Crippen LogP contribution in [0.15, 0.2) is 24.3 Å². The fraction of sp³-hybridized carbons (Fsp3) is 0.650. The van der Waals surface area contributed by atoms with Crippen molar-refractivity contribution < 1.29 is 17.6 Å². The van der Waals surface area contributed by atoms with Gasteiger partial charge in [-0.15, -0.1) is 0 Å². The quantitative estimate of drug-likeness (QED) is 0.835. The zero-order valence-corrected chi connectivity index (χ0v) is 16.7. The fourth-order valence-corrected chi connectivity index (χ4v) is 6.13. The first-order chi connectivity index (χ1) is 12.6. The van der Waals surface area contributed by atoms with Crippen LogP contribution in [-0.4, -0.2) is 43.1 Å². The number of halogens is 1. The summed E-state index contributed by atoms with van der Waals surface area (Å²) in [6.45, 7) is 0.262. The van der Waals surface area contributed by atoms with Crippen LogP contribution in [0.5, 0.6) is 0 Å². The highest BCUT2D eigenvalue weighted by molar-refractivity contribution is 7.88. The Morgan fingerprint density at radius 3 is 2.30 bits per heavy atom. The highest BCUT2D eigenvalue weighted by Gasteiger charge is 2.58. The number of hydrogen-bond acceptors (Lipinski definition) is 3. The van der Waals surface area contributed by atoms with Crippen LogP contribution in [0.25, 0.3) is 0 Å². The Balaban J connectivity index is 1.45. The molecule has 1 aromatic carbocycles. The van der Waals surface area contributed by atoms with Gasteiger partial charge in [-0.3, -0.25) is 4.79 Å². The Bertz CT molecular complexity index is 838. The molecule has 0 aliphatic heterocycles. The number of amides is 1. The number of hydrogen-bond donors (Lipinski definition) is 1.